The van der Waals surface area contributed by atoms with Crippen LogP contribution in [0.1, 0.15) is 20.4 Å². The maximum Gasteiger partial charge on any atom is 0.263 e. The molecule has 0 fully saturated rings. The number of aryl methyl sites for hydroxylation is 1. The molecule has 0 spiro atoms. The molecule has 0 unspecified atom stereocenters. The quantitative estimate of drug-likeness (QED) is 0.834. The van der Waals surface area contributed by atoms with Crippen LogP contribution in [0.2, 0.25) is 0 Å². The van der Waals surface area contributed by atoms with Crippen LogP contribution in [-0.4, -0.2) is 17.4 Å². The Balaban J connectivity index is 1.99. The van der Waals surface area contributed by atoms with Gasteiger partial charge in [-0.3, -0.25) is 4.79 Å². The standard InChI is InChI=1S/C15H15FN2O2S/c1-3-8-17-15(19)14-10(2)18-13(21-14)9-20-12-6-4-11(16)5-7-12/h3-7H,1,8-9H2,2H3,(H,17,19). The SMILES string of the molecule is C=CCNC(=O)c1sc(COc2ccc(F)cc2)nc1C. The second kappa shape index (κ2) is 6.99. The Morgan fingerprint density at radius 1 is 1.48 bits per heavy atom. The van der Waals surface area contributed by atoms with E-state index in [0.717, 1.165) is 0 Å². The van der Waals surface area contributed by atoms with Gasteiger partial charge in [0, 0.05) is 6.54 Å². The zero-order chi connectivity index (χ0) is 15.2. The van der Waals surface area contributed by atoms with Crippen molar-refractivity contribution >= 4 is 17.2 Å². The molecule has 0 atom stereocenters. The van der Waals surface area contributed by atoms with E-state index >= 15 is 0 Å². The molecule has 2 rings (SSSR count). The summed E-state index contributed by atoms with van der Waals surface area (Å²) in [6, 6.07) is 5.76. The minimum Gasteiger partial charge on any atom is -0.486 e. The minimum atomic E-state index is -0.311. The summed E-state index contributed by atoms with van der Waals surface area (Å²) >= 11 is 1.28. The van der Waals surface area contributed by atoms with Crippen LogP contribution in [0.5, 0.6) is 5.75 Å². The Morgan fingerprint density at radius 3 is 2.86 bits per heavy atom. The smallest absolute Gasteiger partial charge is 0.263 e. The average Bonchev–Trinajstić information content (AvgIpc) is 2.85. The van der Waals surface area contributed by atoms with Crippen LogP contribution in [0.3, 0.4) is 0 Å². The van der Waals surface area contributed by atoms with Crippen LogP contribution in [0.4, 0.5) is 4.39 Å². The van der Waals surface area contributed by atoms with Crippen LogP contribution >= 0.6 is 11.3 Å². The molecule has 0 aliphatic heterocycles. The molecule has 2 aromatic rings. The first-order chi connectivity index (χ1) is 10.1. The van der Waals surface area contributed by atoms with Gasteiger partial charge in [-0.25, -0.2) is 9.37 Å². The second-order valence-electron chi connectivity index (χ2n) is 4.26. The van der Waals surface area contributed by atoms with Gasteiger partial charge in [-0.15, -0.1) is 17.9 Å². The number of ether oxygens (including phenoxy) is 1. The zero-order valence-electron chi connectivity index (χ0n) is 11.6. The van der Waals surface area contributed by atoms with Crippen LogP contribution in [0, 0.1) is 12.7 Å². The summed E-state index contributed by atoms with van der Waals surface area (Å²) in [5.74, 6) is 0.0773. The number of amides is 1. The highest BCUT2D eigenvalue weighted by molar-refractivity contribution is 7.13. The lowest BCUT2D eigenvalue weighted by atomic mass is 10.3. The number of halogens is 1. The third-order valence-corrected chi connectivity index (χ3v) is 3.76. The van der Waals surface area contributed by atoms with Crippen molar-refractivity contribution in [2.24, 2.45) is 0 Å². The van der Waals surface area contributed by atoms with E-state index in [1.165, 1.54) is 23.5 Å². The molecule has 0 saturated heterocycles. The highest BCUT2D eigenvalue weighted by Crippen LogP contribution is 2.20. The van der Waals surface area contributed by atoms with Gasteiger partial charge < -0.3 is 10.1 Å². The summed E-state index contributed by atoms with van der Waals surface area (Å²) in [5.41, 5.74) is 0.666. The van der Waals surface area contributed by atoms with Gasteiger partial charge in [-0.1, -0.05) is 6.08 Å². The number of nitrogens with one attached hydrogen (secondary N) is 1. The number of aromatic nitrogens is 1. The summed E-state index contributed by atoms with van der Waals surface area (Å²) in [6.07, 6.45) is 1.62. The van der Waals surface area contributed by atoms with Crippen molar-refractivity contribution in [1.82, 2.24) is 10.3 Å². The van der Waals surface area contributed by atoms with E-state index < -0.39 is 0 Å². The first kappa shape index (κ1) is 15.2. The molecule has 1 heterocycles. The van der Waals surface area contributed by atoms with Gasteiger partial charge in [0.05, 0.1) is 5.69 Å². The molecule has 4 nitrogen and oxygen atoms in total. The number of nitrogens with zero attached hydrogens (tertiary/aromatic N) is 1. The van der Waals surface area contributed by atoms with Crippen LogP contribution in [0.15, 0.2) is 36.9 Å². The van der Waals surface area contributed by atoms with Gasteiger partial charge in [0.2, 0.25) is 0 Å². The number of carbonyl (C=O) groups excluding carboxylic acids is 1. The van der Waals surface area contributed by atoms with E-state index in [-0.39, 0.29) is 18.3 Å². The van der Waals surface area contributed by atoms with Gasteiger partial charge in [0.15, 0.2) is 0 Å². The van der Waals surface area contributed by atoms with Crippen LogP contribution in [0.25, 0.3) is 0 Å². The minimum absolute atomic E-state index is 0.169. The van der Waals surface area contributed by atoms with E-state index in [2.05, 4.69) is 16.9 Å². The predicted molar refractivity (Wildman–Crippen MR) is 80.1 cm³/mol. The lowest BCUT2D eigenvalue weighted by molar-refractivity contribution is 0.0961. The van der Waals surface area contributed by atoms with Crippen molar-refractivity contribution in [1.29, 1.82) is 0 Å². The Kier molecular flexibility index (Phi) is 5.05. The summed E-state index contributed by atoms with van der Waals surface area (Å²) in [4.78, 5) is 16.7. The van der Waals surface area contributed by atoms with Crippen molar-refractivity contribution in [2.75, 3.05) is 6.54 Å². The van der Waals surface area contributed by atoms with Crippen LogP contribution < -0.4 is 10.1 Å². The third-order valence-electron chi connectivity index (χ3n) is 2.63. The molecule has 0 saturated carbocycles. The molecule has 6 heteroatoms. The number of thiazole rings is 1. The first-order valence-corrected chi connectivity index (χ1v) is 7.15. The molecule has 0 aliphatic carbocycles. The first-order valence-electron chi connectivity index (χ1n) is 6.34. The maximum absolute atomic E-state index is 12.8. The van der Waals surface area contributed by atoms with Crippen molar-refractivity contribution in [3.05, 3.63) is 58.3 Å². The Labute approximate surface area is 126 Å². The Bertz CT molecular complexity index is 638. The maximum atomic E-state index is 12.8. The summed E-state index contributed by atoms with van der Waals surface area (Å²) < 4.78 is 18.3. The number of rotatable bonds is 6. The number of carbonyl (C=O) groups is 1. The molecule has 1 aromatic heterocycles. The fraction of sp³-hybridized carbons (Fsp3) is 0.200. The van der Waals surface area contributed by atoms with Gasteiger partial charge in [0.25, 0.3) is 5.91 Å². The molecule has 110 valence electrons. The predicted octanol–water partition coefficient (Wildman–Crippen LogP) is 3.09. The van der Waals surface area contributed by atoms with Crippen molar-refractivity contribution in [3.63, 3.8) is 0 Å². The van der Waals surface area contributed by atoms with E-state index in [1.54, 1.807) is 25.1 Å². The average molecular weight is 306 g/mol. The molecule has 0 bridgehead atoms. The third kappa shape index (κ3) is 4.13. The Hall–Kier alpha value is -2.21. The van der Waals surface area contributed by atoms with E-state index in [4.69, 9.17) is 4.74 Å². The molecule has 1 aromatic carbocycles. The summed E-state index contributed by atoms with van der Waals surface area (Å²) in [6.45, 7) is 5.98. The lowest BCUT2D eigenvalue weighted by Crippen LogP contribution is -2.22. The van der Waals surface area contributed by atoms with Crippen molar-refractivity contribution < 1.29 is 13.9 Å². The molecular weight excluding hydrogens is 291 g/mol. The summed E-state index contributed by atoms with van der Waals surface area (Å²) in [7, 11) is 0. The number of benzene rings is 1. The highest BCUT2D eigenvalue weighted by Gasteiger charge is 2.14. The normalized spacial score (nSPS) is 10.2. The number of hydrogen-bond donors (Lipinski definition) is 1. The molecule has 0 aliphatic rings. The van der Waals surface area contributed by atoms with Gasteiger partial charge in [-0.05, 0) is 31.2 Å². The second-order valence-corrected chi connectivity index (χ2v) is 5.35. The van der Waals surface area contributed by atoms with Crippen molar-refractivity contribution in [3.8, 4) is 5.75 Å². The Morgan fingerprint density at radius 2 is 2.19 bits per heavy atom. The van der Waals surface area contributed by atoms with Gasteiger partial charge in [0.1, 0.15) is 28.1 Å². The largest absolute Gasteiger partial charge is 0.486 e. The van der Waals surface area contributed by atoms with Crippen LogP contribution in [-0.2, 0) is 6.61 Å². The molecular formula is C15H15FN2O2S. The van der Waals surface area contributed by atoms with E-state index in [0.29, 0.717) is 27.9 Å². The van der Waals surface area contributed by atoms with Gasteiger partial charge >= 0.3 is 0 Å². The summed E-state index contributed by atoms with van der Waals surface area (Å²) in [5, 5.41) is 3.41. The monoisotopic (exact) mass is 306 g/mol. The van der Waals surface area contributed by atoms with Gasteiger partial charge in [-0.2, -0.15) is 0 Å². The molecule has 0 radical (unpaired) electrons. The zero-order valence-corrected chi connectivity index (χ0v) is 12.4. The van der Waals surface area contributed by atoms with E-state index in [1.807, 2.05) is 0 Å². The fourth-order valence-electron chi connectivity index (χ4n) is 1.65. The fourth-order valence-corrected chi connectivity index (χ4v) is 2.54. The number of hydrogen-bond acceptors (Lipinski definition) is 4. The van der Waals surface area contributed by atoms with Crippen molar-refractivity contribution in [2.45, 2.75) is 13.5 Å². The molecule has 1 amide bonds. The topological polar surface area (TPSA) is 51.2 Å². The van der Waals surface area contributed by atoms with E-state index in [9.17, 15) is 9.18 Å². The highest BCUT2D eigenvalue weighted by atomic mass is 32.1. The lowest BCUT2D eigenvalue weighted by Gasteiger charge is -2.03. The molecule has 21 heavy (non-hydrogen) atoms. The molecule has 1 N–H and O–H groups in total.